The van der Waals surface area contributed by atoms with Crippen molar-refractivity contribution >= 4 is 45.2 Å². The third-order valence-electron chi connectivity index (χ3n) is 4.42. The van der Waals surface area contributed by atoms with Crippen LogP contribution in [0.3, 0.4) is 0 Å². The fourth-order valence-corrected chi connectivity index (χ4v) is 4.92. The van der Waals surface area contributed by atoms with E-state index in [4.69, 9.17) is 14.2 Å². The zero-order chi connectivity index (χ0) is 21.4. The van der Waals surface area contributed by atoms with Gasteiger partial charge in [-0.2, -0.15) is 5.26 Å². The van der Waals surface area contributed by atoms with Gasteiger partial charge in [-0.05, 0) is 39.8 Å². The third kappa shape index (κ3) is 3.69. The van der Waals surface area contributed by atoms with Gasteiger partial charge in [-0.1, -0.05) is 28.3 Å². The SMILES string of the molecule is Cc1cc(-c2cc(C(=O)Nc3nc(C)c(SCC#N)s3)c3c(C)noc3n2)c(C)o1. The van der Waals surface area contributed by atoms with Gasteiger partial charge in [-0.15, -0.1) is 0 Å². The molecule has 10 heteroatoms. The lowest BCUT2D eigenvalue weighted by Gasteiger charge is -2.06. The number of thioether (sulfide) groups is 1. The van der Waals surface area contributed by atoms with Crippen molar-refractivity contribution in [2.45, 2.75) is 31.9 Å². The number of pyridine rings is 1. The van der Waals surface area contributed by atoms with Crippen LogP contribution in [0.5, 0.6) is 0 Å². The lowest BCUT2D eigenvalue weighted by Crippen LogP contribution is -2.13. The van der Waals surface area contributed by atoms with Gasteiger partial charge in [0.2, 0.25) is 0 Å². The molecule has 4 aromatic rings. The van der Waals surface area contributed by atoms with Gasteiger partial charge >= 0.3 is 0 Å². The van der Waals surface area contributed by atoms with Crippen LogP contribution in [0.2, 0.25) is 0 Å². The van der Waals surface area contributed by atoms with Crippen molar-refractivity contribution in [2.75, 3.05) is 11.1 Å². The summed E-state index contributed by atoms with van der Waals surface area (Å²) in [6.45, 7) is 7.32. The van der Waals surface area contributed by atoms with Crippen LogP contribution in [-0.2, 0) is 0 Å². The Labute approximate surface area is 180 Å². The summed E-state index contributed by atoms with van der Waals surface area (Å²) in [7, 11) is 0. The molecule has 1 N–H and O–H groups in total. The number of carbonyl (C=O) groups excluding carboxylic acids is 1. The smallest absolute Gasteiger partial charge is 0.259 e. The number of hydrogen-bond donors (Lipinski definition) is 1. The number of thiazole rings is 1. The number of nitriles is 1. The Morgan fingerprint density at radius 3 is 2.73 bits per heavy atom. The number of nitrogens with zero attached hydrogens (tertiary/aromatic N) is 4. The fraction of sp³-hybridized carbons (Fsp3) is 0.250. The molecule has 4 rings (SSSR count). The van der Waals surface area contributed by atoms with Crippen LogP contribution < -0.4 is 5.32 Å². The van der Waals surface area contributed by atoms with Crippen LogP contribution in [0, 0.1) is 39.0 Å². The Kier molecular flexibility index (Phi) is 5.32. The van der Waals surface area contributed by atoms with E-state index >= 15 is 0 Å². The fourth-order valence-electron chi connectivity index (χ4n) is 3.13. The Morgan fingerprint density at radius 1 is 1.23 bits per heavy atom. The minimum absolute atomic E-state index is 0.286. The van der Waals surface area contributed by atoms with Gasteiger partial charge in [-0.3, -0.25) is 10.1 Å². The average molecular weight is 440 g/mol. The highest BCUT2D eigenvalue weighted by Gasteiger charge is 2.22. The van der Waals surface area contributed by atoms with E-state index in [0.29, 0.717) is 39.0 Å². The summed E-state index contributed by atoms with van der Waals surface area (Å²) in [6, 6.07) is 5.68. The monoisotopic (exact) mass is 439 g/mol. The van der Waals surface area contributed by atoms with Crippen LogP contribution in [-0.4, -0.2) is 26.8 Å². The topological polar surface area (TPSA) is 118 Å². The first-order chi connectivity index (χ1) is 14.4. The van der Waals surface area contributed by atoms with Crippen molar-refractivity contribution in [2.24, 2.45) is 0 Å². The molecule has 0 saturated heterocycles. The number of hydrogen-bond acceptors (Lipinski definition) is 9. The van der Waals surface area contributed by atoms with E-state index in [1.807, 2.05) is 26.8 Å². The first-order valence-corrected chi connectivity index (χ1v) is 10.8. The molecule has 0 radical (unpaired) electrons. The van der Waals surface area contributed by atoms with Crippen LogP contribution in [0.15, 0.2) is 25.3 Å². The molecule has 1 amide bonds. The third-order valence-corrected chi connectivity index (χ3v) is 6.72. The first-order valence-electron chi connectivity index (χ1n) is 9.00. The second kappa shape index (κ2) is 7.93. The van der Waals surface area contributed by atoms with Crippen LogP contribution in [0.1, 0.15) is 33.3 Å². The average Bonchev–Trinajstić information content (AvgIpc) is 3.36. The molecule has 0 aromatic carbocycles. The highest BCUT2D eigenvalue weighted by atomic mass is 32.2. The van der Waals surface area contributed by atoms with Gasteiger partial charge in [-0.25, -0.2) is 9.97 Å². The zero-order valence-electron chi connectivity index (χ0n) is 16.7. The maximum absolute atomic E-state index is 13.2. The van der Waals surface area contributed by atoms with Gasteiger partial charge < -0.3 is 8.94 Å². The number of rotatable bonds is 5. The molecule has 0 bridgehead atoms. The number of nitrogens with one attached hydrogen (secondary N) is 1. The lowest BCUT2D eigenvalue weighted by molar-refractivity contribution is 0.102. The minimum atomic E-state index is -0.335. The van der Waals surface area contributed by atoms with Crippen molar-refractivity contribution in [3.63, 3.8) is 0 Å². The van der Waals surface area contributed by atoms with E-state index < -0.39 is 0 Å². The number of aromatic nitrogens is 3. The van der Waals surface area contributed by atoms with E-state index in [-0.39, 0.29) is 11.6 Å². The van der Waals surface area contributed by atoms with Gasteiger partial charge in [0.05, 0.1) is 44.1 Å². The lowest BCUT2D eigenvalue weighted by atomic mass is 10.1. The molecular weight excluding hydrogens is 422 g/mol. The largest absolute Gasteiger partial charge is 0.466 e. The molecule has 0 atom stereocenters. The molecule has 0 fully saturated rings. The second-order valence-corrected chi connectivity index (χ2v) is 8.87. The predicted octanol–water partition coefficient (Wildman–Crippen LogP) is 5.04. The summed E-state index contributed by atoms with van der Waals surface area (Å²) in [5.41, 5.74) is 3.40. The summed E-state index contributed by atoms with van der Waals surface area (Å²) in [6.07, 6.45) is 0. The summed E-state index contributed by atoms with van der Waals surface area (Å²) in [4.78, 5) is 22.1. The Hall–Kier alpha value is -3.16. The van der Waals surface area contributed by atoms with E-state index in [1.54, 1.807) is 13.0 Å². The number of fused-ring (bicyclic) bond motifs is 1. The van der Waals surface area contributed by atoms with Crippen molar-refractivity contribution < 1.29 is 13.7 Å². The first kappa shape index (κ1) is 20.1. The maximum Gasteiger partial charge on any atom is 0.259 e. The molecule has 0 aliphatic rings. The summed E-state index contributed by atoms with van der Waals surface area (Å²) in [5.74, 6) is 1.45. The van der Waals surface area contributed by atoms with Crippen molar-refractivity contribution in [3.8, 4) is 17.3 Å². The number of aryl methyl sites for hydroxylation is 4. The minimum Gasteiger partial charge on any atom is -0.466 e. The molecule has 4 aromatic heterocycles. The van der Waals surface area contributed by atoms with E-state index in [9.17, 15) is 4.79 Å². The highest BCUT2D eigenvalue weighted by molar-refractivity contribution is 8.01. The highest BCUT2D eigenvalue weighted by Crippen LogP contribution is 2.34. The zero-order valence-corrected chi connectivity index (χ0v) is 18.3. The van der Waals surface area contributed by atoms with Crippen molar-refractivity contribution in [3.05, 3.63) is 40.6 Å². The van der Waals surface area contributed by atoms with E-state index in [1.165, 1.54) is 23.1 Å². The second-order valence-electron chi connectivity index (χ2n) is 6.62. The molecule has 0 aliphatic heterocycles. The van der Waals surface area contributed by atoms with Crippen LogP contribution in [0.25, 0.3) is 22.4 Å². The number of carbonyl (C=O) groups is 1. The number of furan rings is 1. The number of anilines is 1. The van der Waals surface area contributed by atoms with Crippen LogP contribution in [0.4, 0.5) is 5.13 Å². The van der Waals surface area contributed by atoms with Gasteiger partial charge in [0.15, 0.2) is 5.13 Å². The molecule has 4 heterocycles. The maximum atomic E-state index is 13.2. The quantitative estimate of drug-likeness (QED) is 0.430. The summed E-state index contributed by atoms with van der Waals surface area (Å²) < 4.78 is 11.9. The Bertz CT molecular complexity index is 1310. The molecule has 8 nitrogen and oxygen atoms in total. The standard InChI is InChI=1S/C20H17N5O3S2/c1-9-7-13(12(4)27-9)15-8-14(16-10(2)25-28-18(16)23-15)17(26)24-20-22-11(3)19(30-20)29-6-5-21/h7-8H,6H2,1-4H3,(H,22,24,26). The van der Waals surface area contributed by atoms with Gasteiger partial charge in [0, 0.05) is 5.56 Å². The molecule has 0 unspecified atom stereocenters. The molecule has 0 aliphatic carbocycles. The predicted molar refractivity (Wildman–Crippen MR) is 115 cm³/mol. The Balaban J connectivity index is 1.74. The Morgan fingerprint density at radius 2 is 2.03 bits per heavy atom. The summed E-state index contributed by atoms with van der Waals surface area (Å²) >= 11 is 2.74. The van der Waals surface area contributed by atoms with Gasteiger partial charge in [0.1, 0.15) is 11.5 Å². The van der Waals surface area contributed by atoms with E-state index in [0.717, 1.165) is 21.2 Å². The van der Waals surface area contributed by atoms with Crippen LogP contribution >= 0.6 is 23.1 Å². The molecule has 0 saturated carbocycles. The van der Waals surface area contributed by atoms with Gasteiger partial charge in [0.25, 0.3) is 11.6 Å². The summed E-state index contributed by atoms with van der Waals surface area (Å²) in [5, 5.41) is 16.6. The molecular formula is C20H17N5O3S2. The normalized spacial score (nSPS) is 11.0. The number of amides is 1. The molecule has 0 spiro atoms. The molecule has 30 heavy (non-hydrogen) atoms. The van der Waals surface area contributed by atoms with Crippen molar-refractivity contribution in [1.29, 1.82) is 5.26 Å². The van der Waals surface area contributed by atoms with Crippen molar-refractivity contribution in [1.82, 2.24) is 15.1 Å². The van der Waals surface area contributed by atoms with E-state index in [2.05, 4.69) is 26.5 Å². The molecule has 152 valence electrons.